The number of carbonyl (C=O) groups excluding carboxylic acids is 4. The minimum absolute atomic E-state index is 0.184. The normalized spacial score (nSPS) is 22.6. The van der Waals surface area contributed by atoms with Crippen molar-refractivity contribution in [3.8, 4) is 5.75 Å². The predicted octanol–water partition coefficient (Wildman–Crippen LogP) is 3.37. The first kappa shape index (κ1) is 34.7. The molecule has 3 aliphatic heterocycles. The second-order valence-electron chi connectivity index (χ2n) is 13.1. The smallest absolute Gasteiger partial charge is 0.247 e. The lowest BCUT2D eigenvalue weighted by atomic mass is 9.95. The summed E-state index contributed by atoms with van der Waals surface area (Å²) in [7, 11) is 3.72. The first-order valence-electron chi connectivity index (χ1n) is 16.3. The summed E-state index contributed by atoms with van der Waals surface area (Å²) >= 11 is 0. The van der Waals surface area contributed by atoms with E-state index in [1.807, 2.05) is 87.4 Å². The maximum Gasteiger partial charge on any atom is 0.247 e. The van der Waals surface area contributed by atoms with Gasteiger partial charge < -0.3 is 25.6 Å². The van der Waals surface area contributed by atoms with Gasteiger partial charge in [0.2, 0.25) is 23.6 Å². The summed E-state index contributed by atoms with van der Waals surface area (Å²) in [6, 6.07) is 13.7. The van der Waals surface area contributed by atoms with Crippen LogP contribution < -0.4 is 20.7 Å². The molecule has 2 bridgehead atoms. The molecule has 0 aromatic heterocycles. The Hall–Kier alpha value is -4.18. The van der Waals surface area contributed by atoms with Gasteiger partial charge >= 0.3 is 0 Å². The van der Waals surface area contributed by atoms with E-state index in [-0.39, 0.29) is 42.5 Å². The molecule has 0 spiro atoms. The van der Waals surface area contributed by atoms with Crippen molar-refractivity contribution in [3.63, 3.8) is 0 Å². The molecule has 2 aromatic carbocycles. The molecule has 1 saturated heterocycles. The van der Waals surface area contributed by atoms with Crippen molar-refractivity contribution in [3.05, 3.63) is 71.9 Å². The van der Waals surface area contributed by atoms with E-state index in [2.05, 4.69) is 29.8 Å². The molecule has 46 heavy (non-hydrogen) atoms. The summed E-state index contributed by atoms with van der Waals surface area (Å²) in [6.07, 6.45) is 4.65. The largest absolute Gasteiger partial charge is 0.488 e. The van der Waals surface area contributed by atoms with Crippen molar-refractivity contribution < 1.29 is 23.9 Å². The highest BCUT2D eigenvalue weighted by Crippen LogP contribution is 2.27. The van der Waals surface area contributed by atoms with Crippen LogP contribution in [0.2, 0.25) is 0 Å². The average Bonchev–Trinajstić information content (AvgIpc) is 3.45. The monoisotopic (exact) mass is 631 g/mol. The molecule has 5 rings (SSSR count). The molecule has 10 heteroatoms. The van der Waals surface area contributed by atoms with Crippen molar-refractivity contribution in [2.24, 2.45) is 11.8 Å². The number of hydrogen-bond acceptors (Lipinski definition) is 6. The number of nitrogens with one attached hydrogen (secondary N) is 3. The fourth-order valence-corrected chi connectivity index (χ4v) is 6.02. The summed E-state index contributed by atoms with van der Waals surface area (Å²) in [5, 5.41) is 8.80. The average molecular weight is 632 g/mol. The van der Waals surface area contributed by atoms with E-state index in [4.69, 9.17) is 4.74 Å². The third-order valence-electron chi connectivity index (χ3n) is 8.88. The van der Waals surface area contributed by atoms with Gasteiger partial charge in [0, 0.05) is 25.6 Å². The molecule has 0 radical (unpaired) electrons. The minimum Gasteiger partial charge on any atom is -0.488 e. The van der Waals surface area contributed by atoms with E-state index in [9.17, 15) is 19.2 Å². The topological polar surface area (TPSA) is 120 Å². The zero-order valence-electron chi connectivity index (χ0n) is 27.9. The van der Waals surface area contributed by atoms with Crippen LogP contribution >= 0.6 is 0 Å². The van der Waals surface area contributed by atoms with Crippen LogP contribution in [0.3, 0.4) is 0 Å². The van der Waals surface area contributed by atoms with Gasteiger partial charge in [-0.1, -0.05) is 76.6 Å². The fourth-order valence-electron chi connectivity index (χ4n) is 6.02. The summed E-state index contributed by atoms with van der Waals surface area (Å²) in [6.45, 7) is 8.30. The highest BCUT2D eigenvalue weighted by molar-refractivity contribution is 5.96. The van der Waals surface area contributed by atoms with Gasteiger partial charge in [-0.3, -0.25) is 24.1 Å². The van der Waals surface area contributed by atoms with E-state index >= 15 is 0 Å². The minimum atomic E-state index is -1.01. The maximum absolute atomic E-state index is 14.4. The molecule has 1 fully saturated rings. The van der Waals surface area contributed by atoms with E-state index in [0.717, 1.165) is 11.1 Å². The molecular weight excluding hydrogens is 582 g/mol. The van der Waals surface area contributed by atoms with Gasteiger partial charge in [0.05, 0.1) is 6.04 Å². The molecule has 10 nitrogen and oxygen atoms in total. The van der Waals surface area contributed by atoms with Crippen LogP contribution in [0.5, 0.6) is 5.75 Å². The number of amides is 4. The number of likely N-dealkylation sites (N-methyl/N-ethyl adjacent to an activating group) is 1. The van der Waals surface area contributed by atoms with Gasteiger partial charge in [-0.2, -0.15) is 0 Å². The number of benzene rings is 2. The Morgan fingerprint density at radius 2 is 1.72 bits per heavy atom. The molecule has 3 heterocycles. The number of hydrogen-bond donors (Lipinski definition) is 3. The van der Waals surface area contributed by atoms with Crippen LogP contribution in [0.4, 0.5) is 0 Å². The number of carbonyl (C=O) groups is 4. The molecule has 6 atom stereocenters. The second-order valence-corrected chi connectivity index (χ2v) is 13.1. The third kappa shape index (κ3) is 8.75. The van der Waals surface area contributed by atoms with Crippen LogP contribution in [0.1, 0.15) is 58.1 Å². The highest BCUT2D eigenvalue weighted by atomic mass is 16.5. The van der Waals surface area contributed by atoms with Crippen LogP contribution in [0.15, 0.2) is 60.8 Å². The fraction of sp³-hybridized carbons (Fsp3) is 0.500. The predicted molar refractivity (Wildman–Crippen MR) is 179 cm³/mol. The van der Waals surface area contributed by atoms with Gasteiger partial charge in [0.25, 0.3) is 0 Å². The quantitative estimate of drug-likeness (QED) is 0.370. The molecule has 2 aromatic rings. The van der Waals surface area contributed by atoms with Crippen molar-refractivity contribution >= 4 is 29.7 Å². The lowest BCUT2D eigenvalue weighted by Crippen LogP contribution is -2.61. The summed E-state index contributed by atoms with van der Waals surface area (Å²) in [4.78, 5) is 59.0. The SMILES string of the molecule is CCC(C)C(NC(=O)C(CC(C)C)N(C)C)C(=O)N1CCC2Oc3ccc(cc3)/C=C\NC(=O)C(Cc3ccccc3)NC(=O)C21. The van der Waals surface area contributed by atoms with Crippen LogP contribution in [0.25, 0.3) is 6.08 Å². The number of nitrogens with zero attached hydrogens (tertiary/aromatic N) is 2. The Morgan fingerprint density at radius 3 is 2.35 bits per heavy atom. The van der Waals surface area contributed by atoms with Gasteiger partial charge in [0.1, 0.15) is 30.0 Å². The van der Waals surface area contributed by atoms with Crippen molar-refractivity contribution in [1.82, 2.24) is 25.8 Å². The second kappa shape index (κ2) is 15.9. The Bertz CT molecular complexity index is 1380. The number of rotatable bonds is 10. The van der Waals surface area contributed by atoms with E-state index < -0.39 is 36.2 Å². The Balaban J connectivity index is 1.67. The van der Waals surface area contributed by atoms with Crippen LogP contribution in [-0.4, -0.2) is 84.3 Å². The van der Waals surface area contributed by atoms with E-state index in [0.29, 0.717) is 25.0 Å². The molecule has 0 aliphatic carbocycles. The van der Waals surface area contributed by atoms with Crippen LogP contribution in [-0.2, 0) is 25.6 Å². The van der Waals surface area contributed by atoms with Crippen molar-refractivity contribution in [2.45, 2.75) is 83.6 Å². The summed E-state index contributed by atoms with van der Waals surface area (Å²) in [5.41, 5.74) is 1.75. The van der Waals surface area contributed by atoms with Gasteiger partial charge in [0.15, 0.2) is 0 Å². The van der Waals surface area contributed by atoms with E-state index in [1.54, 1.807) is 12.3 Å². The molecule has 3 N–H and O–H groups in total. The standard InChI is InChI=1S/C36H49N5O5/c1-7-24(4)31(39-34(43)29(40(5)6)21-23(2)3)36(45)41-20-18-30-32(41)35(44)38-28(22-26-11-9-8-10-12-26)33(42)37-19-17-25-13-15-27(46-30)16-14-25/h8-17,19,23-24,28-32H,7,18,20-22H2,1-6H3,(H,37,42)(H,38,44)(H,39,43)/b19-17-. The Morgan fingerprint density at radius 1 is 1.02 bits per heavy atom. The van der Waals surface area contributed by atoms with Gasteiger partial charge in [-0.25, -0.2) is 0 Å². The van der Waals surface area contributed by atoms with Crippen LogP contribution in [0, 0.1) is 11.8 Å². The molecule has 4 amide bonds. The molecular formula is C36H49N5O5. The van der Waals surface area contributed by atoms with Gasteiger partial charge in [-0.15, -0.1) is 0 Å². The first-order chi connectivity index (χ1) is 22.0. The summed E-state index contributed by atoms with van der Waals surface area (Å²) in [5.74, 6) is -0.732. The number of ether oxygens (including phenoxy) is 1. The van der Waals surface area contributed by atoms with Gasteiger partial charge in [-0.05, 0) is 61.7 Å². The number of fused-ring (bicyclic) bond motifs is 7. The zero-order valence-corrected chi connectivity index (χ0v) is 27.9. The highest BCUT2D eigenvalue weighted by Gasteiger charge is 2.47. The molecule has 6 unspecified atom stereocenters. The lowest BCUT2D eigenvalue weighted by Gasteiger charge is -2.34. The maximum atomic E-state index is 14.4. The molecule has 0 saturated carbocycles. The van der Waals surface area contributed by atoms with Crippen molar-refractivity contribution in [1.29, 1.82) is 0 Å². The van der Waals surface area contributed by atoms with Crippen molar-refractivity contribution in [2.75, 3.05) is 20.6 Å². The lowest BCUT2D eigenvalue weighted by molar-refractivity contribution is -0.145. The Kier molecular flexibility index (Phi) is 12.0. The molecule has 248 valence electrons. The molecule has 3 aliphatic rings. The third-order valence-corrected chi connectivity index (χ3v) is 8.88. The van der Waals surface area contributed by atoms with E-state index in [1.165, 1.54) is 4.90 Å². The first-order valence-corrected chi connectivity index (χ1v) is 16.3. The summed E-state index contributed by atoms with van der Waals surface area (Å²) < 4.78 is 6.36. The Labute approximate surface area is 272 Å². The zero-order chi connectivity index (χ0) is 33.4. The number of likely N-dealkylation sites (tertiary alicyclic amines) is 1.